The van der Waals surface area contributed by atoms with Crippen LogP contribution in [0.15, 0.2) is 358 Å². The van der Waals surface area contributed by atoms with E-state index in [4.69, 9.17) is 56.8 Å². The summed E-state index contributed by atoms with van der Waals surface area (Å²) < 4.78 is 87.8. The summed E-state index contributed by atoms with van der Waals surface area (Å²) >= 11 is 0. The second kappa shape index (κ2) is 36.5. The number of benzene rings is 14. The molecule has 2 aliphatic rings. The molecule has 0 saturated carbocycles. The van der Waals surface area contributed by atoms with Crippen LogP contribution in [0.5, 0.6) is 57.5 Å². The fourth-order valence-corrected chi connectivity index (χ4v) is 14.3. The summed E-state index contributed by atoms with van der Waals surface area (Å²) in [5.74, 6) is 4.32. The zero-order valence-corrected chi connectivity index (χ0v) is 62.1. The van der Waals surface area contributed by atoms with Gasteiger partial charge in [-0.15, -0.1) is 0 Å². The van der Waals surface area contributed by atoms with Crippen molar-refractivity contribution in [2.24, 2.45) is 0 Å². The maximum absolute atomic E-state index is 8.22. The second-order valence-electron chi connectivity index (χ2n) is 27.9. The molecule has 16 rings (SSSR count). The Bertz CT molecular complexity index is 5280. The molecule has 0 radical (unpaired) electrons. The average molecular weight is 1480 g/mol. The number of rotatable bonds is 33. The van der Waals surface area contributed by atoms with Crippen LogP contribution >= 0.6 is 0 Å². The van der Waals surface area contributed by atoms with Gasteiger partial charge < -0.3 is 56.8 Å². The topological polar surface area (TPSA) is 111 Å². The first kappa shape index (κ1) is 73.2. The minimum Gasteiger partial charge on any atom is -0.489 e. The molecule has 0 bridgehead atoms. The molecule has 0 aromatic heterocycles. The van der Waals surface area contributed by atoms with E-state index in [1.807, 2.05) is 224 Å². The van der Waals surface area contributed by atoms with E-state index in [0.29, 0.717) is 88.3 Å². The summed E-state index contributed by atoms with van der Waals surface area (Å²) in [5, 5.41) is 0. The molecule has 112 heavy (non-hydrogen) atoms. The molecule has 12 heteroatoms. The van der Waals surface area contributed by atoms with E-state index in [1.165, 1.54) is 0 Å². The standard InChI is InChI=1S/C100H86O12/c1-11-31-71(32-12-1)61-101-83-57-90(107-67-77-43-23-7-24-44-77)94-92(58-83)111-98(82-52-54-86(103-63-73-35-15-3-16-36-73)89(56-82)106-66-76-41-21-6-22-42-76)100(110-70-80-49-29-10-30-50-80)96(94)95-91(108-68-78-45-25-8-26-46-78)60-87(104-64-74-37-17-4-18-38-74)84-59-93(109-69-79-47-27-9-28-48-79)97(112-99(84)95)81-51-53-85(102-62-72-33-13-2-14-34-72)88(55-81)105-65-75-39-19-5-20-40-75/h1-58,60,93,96-98,100H,59,61-70H2/t93-,96+,97-,98-,100-/m1/s1. The monoisotopic (exact) mass is 1480 g/mol. The maximum atomic E-state index is 8.22. The summed E-state index contributed by atoms with van der Waals surface area (Å²) in [5.41, 5.74) is 13.4. The first-order valence-corrected chi connectivity index (χ1v) is 38.1. The van der Waals surface area contributed by atoms with E-state index < -0.39 is 30.3 Å². The Morgan fingerprint density at radius 2 is 0.554 bits per heavy atom. The third-order valence-electron chi connectivity index (χ3n) is 20.0. The van der Waals surface area contributed by atoms with Gasteiger partial charge in [-0.25, -0.2) is 0 Å². The van der Waals surface area contributed by atoms with Gasteiger partial charge in [-0.2, -0.15) is 0 Å². The molecule has 0 N–H and O–H groups in total. The van der Waals surface area contributed by atoms with Crippen molar-refractivity contribution >= 4 is 0 Å². The minimum absolute atomic E-state index is 0.161. The Balaban J connectivity index is 0.939. The largest absolute Gasteiger partial charge is 0.489 e. The molecule has 0 unspecified atom stereocenters. The second-order valence-corrected chi connectivity index (χ2v) is 27.9. The SMILES string of the molecule is c1ccc(COc2cc(OCc3ccccc3)c3c(c2)O[C@H](c2ccc(OCc4ccccc4)c(OCc4ccccc4)c2)[C@H](OCc2ccccc2)[C@@H]3c2c(OCc3ccccc3)cc(OCc3ccccc3)c3c2O[C@H](c2ccc(OCc4ccccc4)c(OCc4ccccc4)c2)[C@H](OCc2ccccc2)C3)cc1. The third-order valence-corrected chi connectivity index (χ3v) is 20.0. The lowest BCUT2D eigenvalue weighted by Crippen LogP contribution is -2.39. The summed E-state index contributed by atoms with van der Waals surface area (Å²) in [6.07, 6.45) is -3.01. The van der Waals surface area contributed by atoms with Crippen molar-refractivity contribution in [1.29, 1.82) is 0 Å². The molecule has 14 aromatic rings. The molecule has 5 atom stereocenters. The van der Waals surface area contributed by atoms with E-state index in [9.17, 15) is 0 Å². The van der Waals surface area contributed by atoms with Crippen LogP contribution in [0.4, 0.5) is 0 Å². The third kappa shape index (κ3) is 18.6. The number of fused-ring (bicyclic) bond motifs is 2. The van der Waals surface area contributed by atoms with Crippen LogP contribution in [-0.4, -0.2) is 12.2 Å². The van der Waals surface area contributed by atoms with Gasteiger partial charge in [0.2, 0.25) is 0 Å². The Morgan fingerprint density at radius 3 is 0.938 bits per heavy atom. The molecule has 2 aliphatic heterocycles. The Kier molecular flexibility index (Phi) is 23.8. The van der Waals surface area contributed by atoms with Crippen molar-refractivity contribution in [2.75, 3.05) is 0 Å². The molecule has 12 nitrogen and oxygen atoms in total. The molecule has 2 heterocycles. The molecule has 558 valence electrons. The maximum Gasteiger partial charge on any atom is 0.162 e. The number of hydrogen-bond donors (Lipinski definition) is 0. The van der Waals surface area contributed by atoms with Gasteiger partial charge in [-0.1, -0.05) is 315 Å². The van der Waals surface area contributed by atoms with Gasteiger partial charge in [-0.3, -0.25) is 0 Å². The van der Waals surface area contributed by atoms with Crippen LogP contribution in [-0.2, 0) is 82.0 Å². The van der Waals surface area contributed by atoms with E-state index in [-0.39, 0.29) is 52.9 Å². The lowest BCUT2D eigenvalue weighted by atomic mass is 9.77. The lowest BCUT2D eigenvalue weighted by molar-refractivity contribution is -0.0611. The molecule has 0 fully saturated rings. The summed E-state index contributed by atoms with van der Waals surface area (Å²) in [6.45, 7) is 2.41. The van der Waals surface area contributed by atoms with E-state index in [1.54, 1.807) is 0 Å². The fourth-order valence-electron chi connectivity index (χ4n) is 14.3. The van der Waals surface area contributed by atoms with Crippen LogP contribution in [0, 0.1) is 0 Å². The van der Waals surface area contributed by atoms with E-state index in [0.717, 1.165) is 72.3 Å². The van der Waals surface area contributed by atoms with Crippen molar-refractivity contribution in [3.8, 4) is 57.5 Å². The zero-order valence-electron chi connectivity index (χ0n) is 62.1. The molecule has 0 amide bonds. The van der Waals surface area contributed by atoms with E-state index >= 15 is 0 Å². The molecule has 0 saturated heterocycles. The highest BCUT2D eigenvalue weighted by Gasteiger charge is 2.49. The van der Waals surface area contributed by atoms with Gasteiger partial charge in [0.1, 0.15) is 99.6 Å². The highest BCUT2D eigenvalue weighted by atomic mass is 16.6. The predicted molar refractivity (Wildman–Crippen MR) is 434 cm³/mol. The highest BCUT2D eigenvalue weighted by molar-refractivity contribution is 5.67. The summed E-state index contributed by atoms with van der Waals surface area (Å²) in [6, 6.07) is 120. The quantitative estimate of drug-likeness (QED) is 0.0390. The normalized spacial score (nSPS) is 15.4. The average Bonchev–Trinajstić information content (AvgIpc) is 0.718. The van der Waals surface area contributed by atoms with Gasteiger partial charge in [0.15, 0.2) is 35.2 Å². The van der Waals surface area contributed by atoms with Gasteiger partial charge in [0.25, 0.3) is 0 Å². The zero-order chi connectivity index (χ0) is 75.3. The smallest absolute Gasteiger partial charge is 0.162 e. The van der Waals surface area contributed by atoms with Gasteiger partial charge in [0, 0.05) is 41.3 Å². The summed E-state index contributed by atoms with van der Waals surface area (Å²) in [4.78, 5) is 0. The van der Waals surface area contributed by atoms with Crippen molar-refractivity contribution in [2.45, 2.75) is 103 Å². The number of hydrogen-bond acceptors (Lipinski definition) is 12. The lowest BCUT2D eigenvalue weighted by Gasteiger charge is -2.43. The van der Waals surface area contributed by atoms with Gasteiger partial charge in [0.05, 0.1) is 19.1 Å². The van der Waals surface area contributed by atoms with Crippen LogP contribution in [0.25, 0.3) is 0 Å². The molecular formula is C100H86O12. The predicted octanol–water partition coefficient (Wildman–Crippen LogP) is 22.4. The first-order valence-electron chi connectivity index (χ1n) is 38.1. The van der Waals surface area contributed by atoms with E-state index in [2.05, 4.69) is 133 Å². The highest BCUT2D eigenvalue weighted by Crippen LogP contribution is 2.60. The van der Waals surface area contributed by atoms with Crippen molar-refractivity contribution < 1.29 is 56.8 Å². The van der Waals surface area contributed by atoms with Crippen molar-refractivity contribution in [1.82, 2.24) is 0 Å². The van der Waals surface area contributed by atoms with Crippen molar-refractivity contribution in [3.63, 3.8) is 0 Å². The first-order chi connectivity index (χ1) is 55.5. The van der Waals surface area contributed by atoms with Crippen LogP contribution < -0.4 is 47.4 Å². The van der Waals surface area contributed by atoms with Crippen LogP contribution in [0.2, 0.25) is 0 Å². The van der Waals surface area contributed by atoms with Gasteiger partial charge >= 0.3 is 0 Å². The summed E-state index contributed by atoms with van der Waals surface area (Å²) in [7, 11) is 0. The molecule has 0 aliphatic carbocycles. The van der Waals surface area contributed by atoms with Crippen LogP contribution in [0.1, 0.15) is 102 Å². The molecular weight excluding hydrogens is 1390 g/mol. The van der Waals surface area contributed by atoms with Crippen molar-refractivity contribution in [3.05, 3.63) is 441 Å². The minimum atomic E-state index is -0.937. The van der Waals surface area contributed by atoms with Crippen LogP contribution in [0.3, 0.4) is 0 Å². The Hall–Kier alpha value is -13.0. The fraction of sp³-hybridized carbons (Fsp3) is 0.160. The molecule has 14 aromatic carbocycles. The Morgan fingerprint density at radius 1 is 0.241 bits per heavy atom. The van der Waals surface area contributed by atoms with Gasteiger partial charge in [-0.05, 0) is 91.0 Å². The Labute approximate surface area is 654 Å². The molecule has 0 spiro atoms. The number of ether oxygens (including phenoxy) is 12.